The van der Waals surface area contributed by atoms with Crippen LogP contribution in [0.1, 0.15) is 0 Å². The molecule has 6 heteroatoms. The maximum absolute atomic E-state index is 10.6. The first-order valence-electron chi connectivity index (χ1n) is 4.21. The number of nitrogens with one attached hydrogen (secondary N) is 2. The number of nitrogens with two attached hydrogens (primary N) is 2. The number of urea groups is 1. The minimum absolute atomic E-state index is 0.0303. The molecule has 1 aromatic rings. The molecule has 0 radical (unpaired) electrons. The Bertz CT molecular complexity index is 378. The van der Waals surface area contributed by atoms with E-state index in [9.17, 15) is 4.79 Å². The monoisotopic (exact) mass is 208 g/mol. The van der Waals surface area contributed by atoms with Crippen molar-refractivity contribution in [2.24, 2.45) is 11.5 Å². The molecule has 6 N–H and O–H groups in total. The van der Waals surface area contributed by atoms with Crippen LogP contribution in [-0.4, -0.2) is 18.5 Å². The Morgan fingerprint density at radius 1 is 1.40 bits per heavy atom. The molecule has 0 saturated heterocycles. The summed E-state index contributed by atoms with van der Waals surface area (Å²) in [6.07, 6.45) is 0. The van der Waals surface area contributed by atoms with Gasteiger partial charge < -0.3 is 21.5 Å². The third kappa shape index (κ3) is 3.55. The van der Waals surface area contributed by atoms with Gasteiger partial charge in [-0.25, -0.2) is 4.79 Å². The zero-order valence-electron chi connectivity index (χ0n) is 7.99. The maximum atomic E-state index is 10.6. The summed E-state index contributed by atoms with van der Waals surface area (Å²) >= 11 is 0. The summed E-state index contributed by atoms with van der Waals surface area (Å²) in [5, 5.41) is 9.40. The van der Waals surface area contributed by atoms with Crippen LogP contribution in [0.3, 0.4) is 0 Å². The molecule has 80 valence electrons. The average Bonchev–Trinajstić information content (AvgIpc) is 2.15. The molecular weight excluding hydrogens is 196 g/mol. The Hall–Kier alpha value is -2.24. The van der Waals surface area contributed by atoms with Crippen molar-refractivity contribution in [1.29, 1.82) is 5.41 Å². The Labute approximate surface area is 86.7 Å². The van der Waals surface area contributed by atoms with Crippen molar-refractivity contribution in [3.05, 3.63) is 24.3 Å². The lowest BCUT2D eigenvalue weighted by molar-refractivity contribution is 0.259. The van der Waals surface area contributed by atoms with E-state index in [1.54, 1.807) is 24.3 Å². The number of anilines is 1. The number of carbonyl (C=O) groups is 1. The van der Waals surface area contributed by atoms with Crippen molar-refractivity contribution in [2.75, 3.05) is 11.9 Å². The first-order chi connectivity index (χ1) is 7.09. The topological polar surface area (TPSA) is 114 Å². The normalized spacial score (nSPS) is 9.33. The highest BCUT2D eigenvalue weighted by Crippen LogP contribution is 2.23. The Kier molecular flexibility index (Phi) is 3.50. The highest BCUT2D eigenvalue weighted by Gasteiger charge is 2.04. The summed E-state index contributed by atoms with van der Waals surface area (Å²) in [5.41, 5.74) is 10.6. The number of benzene rings is 1. The van der Waals surface area contributed by atoms with Gasteiger partial charge in [-0.05, 0) is 12.1 Å². The molecule has 0 atom stereocenters. The number of carbonyl (C=O) groups excluding carboxylic acids is 1. The quantitative estimate of drug-likeness (QED) is 0.426. The molecule has 0 saturated carbocycles. The standard InChI is InChI=1S/C9H12N4O2/c10-8(11)5-15-7-4-2-1-3-6(7)13-9(12)14/h1-4H,5H2,(H3,10,11)(H3,12,13,14). The first kappa shape index (κ1) is 10.8. The fraction of sp³-hybridized carbons (Fsp3) is 0.111. The van der Waals surface area contributed by atoms with E-state index >= 15 is 0 Å². The van der Waals surface area contributed by atoms with E-state index in [2.05, 4.69) is 5.32 Å². The van der Waals surface area contributed by atoms with Crippen molar-refractivity contribution >= 4 is 17.6 Å². The maximum Gasteiger partial charge on any atom is 0.316 e. The zero-order valence-corrected chi connectivity index (χ0v) is 7.99. The second-order valence-corrected chi connectivity index (χ2v) is 2.80. The lowest BCUT2D eigenvalue weighted by Gasteiger charge is -2.10. The van der Waals surface area contributed by atoms with Crippen LogP contribution in [-0.2, 0) is 0 Å². The summed E-state index contributed by atoms with van der Waals surface area (Å²) in [7, 11) is 0. The third-order valence-corrected chi connectivity index (χ3v) is 1.53. The fourth-order valence-corrected chi connectivity index (χ4v) is 0.984. The number of rotatable bonds is 4. The Balaban J connectivity index is 2.76. The van der Waals surface area contributed by atoms with Gasteiger partial charge in [-0.2, -0.15) is 0 Å². The van der Waals surface area contributed by atoms with Gasteiger partial charge in [-0.15, -0.1) is 0 Å². The van der Waals surface area contributed by atoms with Gasteiger partial charge in [0.2, 0.25) is 0 Å². The van der Waals surface area contributed by atoms with Crippen molar-refractivity contribution in [1.82, 2.24) is 0 Å². The van der Waals surface area contributed by atoms with Crippen LogP contribution >= 0.6 is 0 Å². The number of amidine groups is 1. The van der Waals surface area contributed by atoms with Crippen LogP contribution in [0.25, 0.3) is 0 Å². The molecule has 1 aromatic carbocycles. The van der Waals surface area contributed by atoms with Gasteiger partial charge in [0, 0.05) is 0 Å². The number of hydrogen-bond acceptors (Lipinski definition) is 3. The lowest BCUT2D eigenvalue weighted by atomic mass is 10.3. The fourth-order valence-electron chi connectivity index (χ4n) is 0.984. The molecule has 0 unspecified atom stereocenters. The van der Waals surface area contributed by atoms with Crippen LogP contribution in [0.5, 0.6) is 5.75 Å². The SMILES string of the molecule is N=C(N)COc1ccccc1NC(N)=O. The van der Waals surface area contributed by atoms with E-state index in [1.165, 1.54) is 0 Å². The highest BCUT2D eigenvalue weighted by molar-refractivity contribution is 5.89. The largest absolute Gasteiger partial charge is 0.484 e. The van der Waals surface area contributed by atoms with Crippen LogP contribution in [0.2, 0.25) is 0 Å². The van der Waals surface area contributed by atoms with E-state index in [1.807, 2.05) is 0 Å². The number of para-hydroxylation sites is 2. The minimum Gasteiger partial charge on any atom is -0.484 e. The predicted octanol–water partition coefficient (Wildman–Crippen LogP) is 0.492. The number of amides is 2. The van der Waals surface area contributed by atoms with Gasteiger partial charge in [0.05, 0.1) is 5.69 Å². The van der Waals surface area contributed by atoms with Crippen molar-refractivity contribution in [3.8, 4) is 5.75 Å². The van der Waals surface area contributed by atoms with Crippen molar-refractivity contribution in [3.63, 3.8) is 0 Å². The molecule has 1 rings (SSSR count). The summed E-state index contributed by atoms with van der Waals surface area (Å²) in [5.74, 6) is 0.329. The molecule has 0 aliphatic carbocycles. The van der Waals surface area contributed by atoms with Gasteiger partial charge in [-0.3, -0.25) is 5.41 Å². The minimum atomic E-state index is -0.672. The van der Waals surface area contributed by atoms with E-state index in [4.69, 9.17) is 21.6 Å². The average molecular weight is 208 g/mol. The molecular formula is C9H12N4O2. The second-order valence-electron chi connectivity index (χ2n) is 2.80. The molecule has 6 nitrogen and oxygen atoms in total. The van der Waals surface area contributed by atoms with E-state index in [0.717, 1.165) is 0 Å². The van der Waals surface area contributed by atoms with Crippen molar-refractivity contribution in [2.45, 2.75) is 0 Å². The number of hydrogen-bond donors (Lipinski definition) is 4. The summed E-state index contributed by atoms with van der Waals surface area (Å²) in [4.78, 5) is 10.6. The molecule has 0 heterocycles. The molecule has 0 spiro atoms. The molecule has 0 bridgehead atoms. The zero-order chi connectivity index (χ0) is 11.3. The van der Waals surface area contributed by atoms with Crippen molar-refractivity contribution < 1.29 is 9.53 Å². The van der Waals surface area contributed by atoms with E-state index in [-0.39, 0.29) is 12.4 Å². The van der Waals surface area contributed by atoms with E-state index in [0.29, 0.717) is 11.4 Å². The summed E-state index contributed by atoms with van der Waals surface area (Å²) in [6, 6.07) is 6.08. The molecule has 0 aliphatic rings. The van der Waals surface area contributed by atoms with Gasteiger partial charge in [0.15, 0.2) is 0 Å². The third-order valence-electron chi connectivity index (χ3n) is 1.53. The lowest BCUT2D eigenvalue weighted by Crippen LogP contribution is -2.22. The van der Waals surface area contributed by atoms with Gasteiger partial charge in [-0.1, -0.05) is 12.1 Å². The number of primary amides is 1. The van der Waals surface area contributed by atoms with Gasteiger partial charge in [0.25, 0.3) is 0 Å². The summed E-state index contributed by atoms with van der Waals surface area (Å²) < 4.78 is 5.18. The smallest absolute Gasteiger partial charge is 0.316 e. The van der Waals surface area contributed by atoms with Gasteiger partial charge in [0.1, 0.15) is 18.2 Å². The summed E-state index contributed by atoms with van der Waals surface area (Å²) in [6.45, 7) is -0.0303. The second kappa shape index (κ2) is 4.85. The molecule has 0 aromatic heterocycles. The van der Waals surface area contributed by atoms with Crippen LogP contribution < -0.4 is 21.5 Å². The predicted molar refractivity (Wildman–Crippen MR) is 57.1 cm³/mol. The highest BCUT2D eigenvalue weighted by atomic mass is 16.5. The van der Waals surface area contributed by atoms with Crippen LogP contribution in [0.4, 0.5) is 10.5 Å². The van der Waals surface area contributed by atoms with E-state index < -0.39 is 6.03 Å². The molecule has 15 heavy (non-hydrogen) atoms. The molecule has 0 aliphatic heterocycles. The van der Waals surface area contributed by atoms with Gasteiger partial charge >= 0.3 is 6.03 Å². The Morgan fingerprint density at radius 3 is 2.67 bits per heavy atom. The number of ether oxygens (including phenoxy) is 1. The molecule has 2 amide bonds. The van der Waals surface area contributed by atoms with Crippen LogP contribution in [0.15, 0.2) is 24.3 Å². The Morgan fingerprint density at radius 2 is 2.07 bits per heavy atom. The van der Waals surface area contributed by atoms with Crippen LogP contribution in [0, 0.1) is 5.41 Å². The molecule has 0 fully saturated rings. The first-order valence-corrected chi connectivity index (χ1v) is 4.21.